The zero-order chi connectivity index (χ0) is 16.5. The van der Waals surface area contributed by atoms with Gasteiger partial charge in [0, 0.05) is 32.8 Å². The van der Waals surface area contributed by atoms with Gasteiger partial charge in [-0.3, -0.25) is 4.98 Å². The molecule has 3 aromatic carbocycles. The van der Waals surface area contributed by atoms with Gasteiger partial charge in [-0.25, -0.2) is 0 Å². The van der Waals surface area contributed by atoms with E-state index in [-0.39, 0.29) is 21.1 Å². The van der Waals surface area contributed by atoms with Gasteiger partial charge in [0.2, 0.25) is 0 Å². The summed E-state index contributed by atoms with van der Waals surface area (Å²) in [5.41, 5.74) is 8.29. The molecule has 0 saturated heterocycles. The molecule has 0 aliphatic rings. The zero-order valence-electron chi connectivity index (χ0n) is 14.2. The third kappa shape index (κ3) is 3.43. The van der Waals surface area contributed by atoms with Crippen LogP contribution >= 0.6 is 0 Å². The van der Waals surface area contributed by atoms with Gasteiger partial charge < -0.3 is 0 Å². The number of aryl methyl sites for hydroxylation is 2. The van der Waals surface area contributed by atoms with Crippen molar-refractivity contribution in [3.05, 3.63) is 90.1 Å². The van der Waals surface area contributed by atoms with Crippen LogP contribution in [0.3, 0.4) is 0 Å². The maximum atomic E-state index is 4.57. The molecule has 0 unspecified atom stereocenters. The van der Waals surface area contributed by atoms with Crippen molar-refractivity contribution in [2.24, 2.45) is 0 Å². The molecule has 0 N–H and O–H groups in total. The van der Waals surface area contributed by atoms with Crippen molar-refractivity contribution in [1.29, 1.82) is 0 Å². The molecule has 0 aliphatic carbocycles. The Bertz CT molecular complexity index is 1030. The molecule has 0 bridgehead atoms. The molecule has 0 amide bonds. The number of fused-ring (bicyclic) bond motifs is 1. The second kappa shape index (κ2) is 7.33. The minimum absolute atomic E-state index is 0. The van der Waals surface area contributed by atoms with Gasteiger partial charge in [-0.15, -0.1) is 35.4 Å². The number of pyridine rings is 1. The first kappa shape index (κ1) is 17.6. The van der Waals surface area contributed by atoms with Crippen molar-refractivity contribution in [2.45, 2.75) is 13.8 Å². The molecule has 1 heterocycles. The normalized spacial score (nSPS) is 10.5. The summed E-state index contributed by atoms with van der Waals surface area (Å²) in [5.74, 6) is 0. The molecular weight excluding hydrogens is 485 g/mol. The van der Waals surface area contributed by atoms with E-state index in [9.17, 15) is 0 Å². The predicted molar refractivity (Wildman–Crippen MR) is 101 cm³/mol. The van der Waals surface area contributed by atoms with Gasteiger partial charge in [0.15, 0.2) is 0 Å². The van der Waals surface area contributed by atoms with Gasteiger partial charge in [-0.1, -0.05) is 53.6 Å². The van der Waals surface area contributed by atoms with Crippen LogP contribution in [0.1, 0.15) is 11.1 Å². The van der Waals surface area contributed by atoms with Crippen molar-refractivity contribution >= 4 is 10.9 Å². The van der Waals surface area contributed by atoms with Crippen molar-refractivity contribution in [3.8, 4) is 22.3 Å². The predicted octanol–water partition coefficient (Wildman–Crippen LogP) is 5.98. The van der Waals surface area contributed by atoms with E-state index in [0.717, 1.165) is 22.0 Å². The summed E-state index contributed by atoms with van der Waals surface area (Å²) in [6.07, 6.45) is 1.85. The van der Waals surface area contributed by atoms with E-state index in [1.54, 1.807) is 0 Å². The quantitative estimate of drug-likeness (QED) is 0.307. The number of nitrogens with zero attached hydrogens (tertiary/aromatic N) is 1. The van der Waals surface area contributed by atoms with Crippen LogP contribution in [0.2, 0.25) is 0 Å². The summed E-state index contributed by atoms with van der Waals surface area (Å²) in [6, 6.07) is 26.7. The van der Waals surface area contributed by atoms with Crippen molar-refractivity contribution in [3.63, 3.8) is 0 Å². The summed E-state index contributed by atoms with van der Waals surface area (Å²) in [7, 11) is 0. The Hall–Kier alpha value is -2.24. The van der Waals surface area contributed by atoms with Crippen molar-refractivity contribution in [1.82, 2.24) is 4.98 Å². The average Bonchev–Trinajstić information content (AvgIpc) is 2.63. The summed E-state index contributed by atoms with van der Waals surface area (Å²) in [6.45, 7) is 4.29. The molecule has 4 rings (SSSR count). The standard InChI is InChI=1S/C23H18N.Pt/c1-16-11-12-17(2)22(14-16)20-8-3-7-19(15-20)21-10-4-6-18-9-5-13-24-23(18)21;/h3-6,8-15H,1-2H3;/q-1;. The molecule has 0 saturated carbocycles. The van der Waals surface area contributed by atoms with E-state index in [0.29, 0.717) is 0 Å². The SMILES string of the molecule is Cc1ccc(C)c(-c2cc[c-]c(-c3cccc4cccnc34)c2)c1.[Pt]. The molecule has 0 radical (unpaired) electrons. The number of para-hydroxylation sites is 1. The Morgan fingerprint density at radius 3 is 2.56 bits per heavy atom. The second-order valence-electron chi connectivity index (χ2n) is 6.19. The molecule has 126 valence electrons. The summed E-state index contributed by atoms with van der Waals surface area (Å²) in [4.78, 5) is 4.57. The Kier molecular flexibility index (Phi) is 5.16. The van der Waals surface area contributed by atoms with Crippen LogP contribution < -0.4 is 0 Å². The second-order valence-corrected chi connectivity index (χ2v) is 6.19. The van der Waals surface area contributed by atoms with Crippen LogP contribution in [-0.4, -0.2) is 4.98 Å². The molecule has 1 aromatic heterocycles. The molecule has 0 aliphatic heterocycles. The third-order valence-electron chi connectivity index (χ3n) is 4.43. The van der Waals surface area contributed by atoms with Crippen LogP contribution in [0.5, 0.6) is 0 Å². The minimum Gasteiger partial charge on any atom is -0.266 e. The van der Waals surface area contributed by atoms with E-state index in [2.05, 4.69) is 79.5 Å². The maximum absolute atomic E-state index is 4.57. The molecule has 0 spiro atoms. The molecule has 0 atom stereocenters. The van der Waals surface area contributed by atoms with E-state index < -0.39 is 0 Å². The molecule has 25 heavy (non-hydrogen) atoms. The van der Waals surface area contributed by atoms with Crippen molar-refractivity contribution in [2.75, 3.05) is 0 Å². The van der Waals surface area contributed by atoms with Crippen LogP contribution in [0, 0.1) is 19.9 Å². The molecule has 0 fully saturated rings. The van der Waals surface area contributed by atoms with Gasteiger partial charge in [0.1, 0.15) is 0 Å². The van der Waals surface area contributed by atoms with Crippen LogP contribution in [0.4, 0.5) is 0 Å². The van der Waals surface area contributed by atoms with Crippen LogP contribution in [-0.2, 0) is 21.1 Å². The topological polar surface area (TPSA) is 12.9 Å². The Balaban J connectivity index is 0.00000182. The van der Waals surface area contributed by atoms with Gasteiger partial charge in [-0.2, -0.15) is 0 Å². The van der Waals surface area contributed by atoms with Crippen LogP contribution in [0.25, 0.3) is 33.2 Å². The fourth-order valence-electron chi connectivity index (χ4n) is 3.16. The van der Waals surface area contributed by atoms with E-state index in [4.69, 9.17) is 0 Å². The van der Waals surface area contributed by atoms with E-state index in [1.807, 2.05) is 18.3 Å². The monoisotopic (exact) mass is 503 g/mol. The Labute approximate surface area is 163 Å². The smallest absolute Gasteiger partial charge is 0.0366 e. The number of aromatic nitrogens is 1. The van der Waals surface area contributed by atoms with E-state index >= 15 is 0 Å². The fraction of sp³-hybridized carbons (Fsp3) is 0.0870. The van der Waals surface area contributed by atoms with Gasteiger partial charge >= 0.3 is 0 Å². The fourth-order valence-corrected chi connectivity index (χ4v) is 3.16. The molecule has 4 aromatic rings. The van der Waals surface area contributed by atoms with Gasteiger partial charge in [-0.05, 0) is 36.4 Å². The largest absolute Gasteiger partial charge is 0.266 e. The maximum Gasteiger partial charge on any atom is 0.0366 e. The number of benzene rings is 3. The average molecular weight is 503 g/mol. The molecular formula is C23H18NPt-. The number of rotatable bonds is 2. The van der Waals surface area contributed by atoms with E-state index in [1.165, 1.54) is 22.3 Å². The number of hydrogen-bond donors (Lipinski definition) is 0. The summed E-state index contributed by atoms with van der Waals surface area (Å²) >= 11 is 0. The Morgan fingerprint density at radius 1 is 0.840 bits per heavy atom. The van der Waals surface area contributed by atoms with Crippen LogP contribution in [0.15, 0.2) is 72.9 Å². The third-order valence-corrected chi connectivity index (χ3v) is 4.43. The summed E-state index contributed by atoms with van der Waals surface area (Å²) < 4.78 is 0. The first-order chi connectivity index (χ1) is 11.7. The van der Waals surface area contributed by atoms with Gasteiger partial charge in [0.05, 0.1) is 0 Å². The minimum atomic E-state index is 0. The number of hydrogen-bond acceptors (Lipinski definition) is 1. The molecule has 2 heteroatoms. The zero-order valence-corrected chi connectivity index (χ0v) is 16.5. The molecule has 1 nitrogen and oxygen atoms in total. The van der Waals surface area contributed by atoms with Crippen molar-refractivity contribution < 1.29 is 21.1 Å². The first-order valence-electron chi connectivity index (χ1n) is 8.16. The Morgan fingerprint density at radius 2 is 1.68 bits per heavy atom. The first-order valence-corrected chi connectivity index (χ1v) is 8.16. The van der Waals surface area contributed by atoms with Gasteiger partial charge in [0.25, 0.3) is 0 Å². The summed E-state index contributed by atoms with van der Waals surface area (Å²) in [5, 5.41) is 1.15.